The van der Waals surface area contributed by atoms with Crippen LogP contribution in [0.3, 0.4) is 0 Å². The molecule has 0 bridgehead atoms. The number of nitrogens with zero attached hydrogens (tertiary/aromatic N) is 2. The molecule has 1 unspecified atom stereocenters. The maximum Gasteiger partial charge on any atom is 0.323 e. The van der Waals surface area contributed by atoms with Gasteiger partial charge in [-0.1, -0.05) is 41.5 Å². The van der Waals surface area contributed by atoms with E-state index in [4.69, 9.17) is 5.73 Å². The molecule has 0 aromatic heterocycles. The minimum Gasteiger partial charge on any atom is -0.480 e. The number of hydrogen-bond donors (Lipinski definition) is 3. The number of amides is 3. The summed E-state index contributed by atoms with van der Waals surface area (Å²) >= 11 is 0. The summed E-state index contributed by atoms with van der Waals surface area (Å²) in [5.41, 5.74) is 1.58. The molecule has 1 fully saturated rings. The second-order valence-electron chi connectivity index (χ2n) is 13.0. The van der Waals surface area contributed by atoms with Gasteiger partial charge in [-0.2, -0.15) is 0 Å². The third kappa shape index (κ3) is 7.68. The second kappa shape index (κ2) is 9.84. The highest BCUT2D eigenvalue weighted by Gasteiger charge is 2.44. The van der Waals surface area contributed by atoms with Crippen molar-refractivity contribution in [2.45, 2.75) is 93.2 Å². The zero-order valence-electron chi connectivity index (χ0n) is 22.8. The van der Waals surface area contributed by atoms with Crippen molar-refractivity contribution in [3.63, 3.8) is 0 Å². The number of carboxylic acids is 1. The molecule has 0 aromatic carbocycles. The van der Waals surface area contributed by atoms with Crippen molar-refractivity contribution >= 4 is 23.7 Å². The summed E-state index contributed by atoms with van der Waals surface area (Å²) < 4.78 is 0. The van der Waals surface area contributed by atoms with Crippen molar-refractivity contribution in [2.24, 2.45) is 22.0 Å². The van der Waals surface area contributed by atoms with Gasteiger partial charge in [-0.25, -0.2) is 0 Å². The van der Waals surface area contributed by atoms with Gasteiger partial charge in [0.25, 0.3) is 0 Å². The van der Waals surface area contributed by atoms with Gasteiger partial charge in [0.2, 0.25) is 17.7 Å². The van der Waals surface area contributed by atoms with Gasteiger partial charge in [0.05, 0.1) is 0 Å². The molecule has 1 aliphatic rings. The number of carbonyl (C=O) groups excluding carboxylic acids is 3. The summed E-state index contributed by atoms with van der Waals surface area (Å²) in [4.78, 5) is 54.1. The Morgan fingerprint density at radius 2 is 1.06 bits per heavy atom. The molecule has 1 heterocycles. The van der Waals surface area contributed by atoms with Crippen LogP contribution in [0.5, 0.6) is 0 Å². The molecule has 9 heteroatoms. The topological polar surface area (TPSA) is 133 Å². The molecule has 1 atom stereocenters. The number of rotatable bonds is 8. The number of nitrogens with one attached hydrogen (secondary N) is 1. The summed E-state index contributed by atoms with van der Waals surface area (Å²) in [7, 11) is 0. The lowest BCUT2D eigenvalue weighted by molar-refractivity contribution is -0.153. The van der Waals surface area contributed by atoms with Crippen molar-refractivity contribution in [1.82, 2.24) is 15.1 Å². The van der Waals surface area contributed by atoms with Crippen LogP contribution in [0.4, 0.5) is 0 Å². The molecule has 196 valence electrons. The first kappa shape index (κ1) is 29.9. The predicted molar refractivity (Wildman–Crippen MR) is 132 cm³/mol. The van der Waals surface area contributed by atoms with Gasteiger partial charge >= 0.3 is 5.97 Å². The Balaban J connectivity index is 2.81. The average Bonchev–Trinajstić information content (AvgIpc) is 2.63. The fraction of sp³-hybridized carbons (Fsp3) is 0.840. The normalized spacial score (nSPS) is 17.7. The maximum atomic E-state index is 13.4. The van der Waals surface area contributed by atoms with Crippen LogP contribution >= 0.6 is 0 Å². The van der Waals surface area contributed by atoms with Crippen LogP contribution in [-0.4, -0.2) is 75.9 Å². The summed E-state index contributed by atoms with van der Waals surface area (Å²) in [6.07, 6.45) is 0.392. The van der Waals surface area contributed by atoms with Crippen LogP contribution in [-0.2, 0) is 19.2 Å². The number of aliphatic carboxylic acids is 1. The first-order valence-corrected chi connectivity index (χ1v) is 12.0. The highest BCUT2D eigenvalue weighted by molar-refractivity contribution is 5.87. The number of nitrogens with two attached hydrogens (primary N) is 1. The van der Waals surface area contributed by atoms with Crippen molar-refractivity contribution in [2.75, 3.05) is 26.2 Å². The number of carbonyl (C=O) groups is 4. The molecule has 1 rings (SSSR count). The van der Waals surface area contributed by atoms with Crippen LogP contribution < -0.4 is 11.1 Å². The highest BCUT2D eigenvalue weighted by Crippen LogP contribution is 2.36. The first-order chi connectivity index (χ1) is 15.0. The van der Waals surface area contributed by atoms with Gasteiger partial charge in [-0.15, -0.1) is 0 Å². The summed E-state index contributed by atoms with van der Waals surface area (Å²) in [6, 6.07) is 0. The zero-order chi connectivity index (χ0) is 26.9. The van der Waals surface area contributed by atoms with E-state index in [0.717, 1.165) is 0 Å². The largest absolute Gasteiger partial charge is 0.480 e. The Morgan fingerprint density at radius 3 is 1.38 bits per heavy atom. The monoisotopic (exact) mass is 482 g/mol. The van der Waals surface area contributed by atoms with Crippen LogP contribution in [0, 0.1) is 16.2 Å². The Morgan fingerprint density at radius 1 is 0.706 bits per heavy atom. The quantitative estimate of drug-likeness (QED) is 0.486. The van der Waals surface area contributed by atoms with Gasteiger partial charge in [0.15, 0.2) is 0 Å². The SMILES string of the molecule is CC(C)(C)NC(=O)C(C)(C)CC(C)(C)C(=O)N1CCN(C(=O)C(C)(C)CC(C)(N)C(=O)O)CC1. The van der Waals surface area contributed by atoms with E-state index in [2.05, 4.69) is 5.32 Å². The molecule has 1 saturated heterocycles. The number of carboxylic acid groups (broad SMARTS) is 1. The Bertz CT molecular complexity index is 801. The molecule has 0 spiro atoms. The fourth-order valence-corrected chi connectivity index (χ4v) is 4.81. The van der Waals surface area contributed by atoms with E-state index >= 15 is 0 Å². The molecule has 0 saturated carbocycles. The average molecular weight is 483 g/mol. The van der Waals surface area contributed by atoms with E-state index in [0.29, 0.717) is 32.6 Å². The highest BCUT2D eigenvalue weighted by atomic mass is 16.4. The third-order valence-electron chi connectivity index (χ3n) is 6.30. The smallest absolute Gasteiger partial charge is 0.323 e. The van der Waals surface area contributed by atoms with Gasteiger partial charge in [-0.3, -0.25) is 19.2 Å². The molecular weight excluding hydrogens is 436 g/mol. The van der Waals surface area contributed by atoms with E-state index in [1.54, 1.807) is 23.6 Å². The Hall–Kier alpha value is -2.16. The zero-order valence-corrected chi connectivity index (χ0v) is 22.8. The van der Waals surface area contributed by atoms with Crippen LogP contribution in [0.25, 0.3) is 0 Å². The molecule has 4 N–H and O–H groups in total. The number of hydrogen-bond acceptors (Lipinski definition) is 5. The molecule has 0 radical (unpaired) electrons. The van der Waals surface area contributed by atoms with Crippen LogP contribution in [0.2, 0.25) is 0 Å². The lowest BCUT2D eigenvalue weighted by Crippen LogP contribution is -2.58. The third-order valence-corrected chi connectivity index (χ3v) is 6.30. The molecule has 0 aromatic rings. The lowest BCUT2D eigenvalue weighted by Gasteiger charge is -2.43. The van der Waals surface area contributed by atoms with E-state index in [-0.39, 0.29) is 29.7 Å². The molecule has 1 aliphatic heterocycles. The van der Waals surface area contributed by atoms with Crippen LogP contribution in [0.1, 0.15) is 82.1 Å². The van der Waals surface area contributed by atoms with E-state index in [1.807, 2.05) is 48.5 Å². The molecule has 9 nitrogen and oxygen atoms in total. The van der Waals surface area contributed by atoms with E-state index in [9.17, 15) is 24.3 Å². The minimum absolute atomic E-state index is 0.00601. The van der Waals surface area contributed by atoms with Crippen molar-refractivity contribution in [3.8, 4) is 0 Å². The summed E-state index contributed by atoms with van der Waals surface area (Å²) in [5.74, 6) is -1.45. The van der Waals surface area contributed by atoms with Crippen molar-refractivity contribution in [3.05, 3.63) is 0 Å². The van der Waals surface area contributed by atoms with Crippen LogP contribution in [0.15, 0.2) is 0 Å². The lowest BCUT2D eigenvalue weighted by atomic mass is 9.73. The van der Waals surface area contributed by atoms with Gasteiger partial charge in [-0.05, 0) is 40.5 Å². The first-order valence-electron chi connectivity index (χ1n) is 12.0. The summed E-state index contributed by atoms with van der Waals surface area (Å²) in [5, 5.41) is 12.3. The second-order valence-corrected chi connectivity index (χ2v) is 13.0. The van der Waals surface area contributed by atoms with Gasteiger partial charge in [0.1, 0.15) is 5.54 Å². The van der Waals surface area contributed by atoms with E-state index in [1.165, 1.54) is 6.92 Å². The molecular formula is C25H46N4O5. The molecule has 34 heavy (non-hydrogen) atoms. The van der Waals surface area contributed by atoms with Gasteiger partial charge < -0.3 is 26.0 Å². The van der Waals surface area contributed by atoms with E-state index < -0.39 is 27.8 Å². The molecule has 0 aliphatic carbocycles. The standard InChI is InChI=1S/C25H46N4O5/c1-21(2,3)27-17(30)22(4,5)15-23(6,7)18(31)28-11-13-29(14-12-28)19(32)24(8,9)16-25(10,26)20(33)34/h11-16,26H2,1-10H3,(H,27,30)(H,33,34). The van der Waals surface area contributed by atoms with Crippen molar-refractivity contribution < 1.29 is 24.3 Å². The fourth-order valence-electron chi connectivity index (χ4n) is 4.81. The Kier molecular flexibility index (Phi) is 8.64. The van der Waals surface area contributed by atoms with Gasteiger partial charge in [0, 0.05) is 48.0 Å². The van der Waals surface area contributed by atoms with Crippen molar-refractivity contribution in [1.29, 1.82) is 0 Å². The number of piperazine rings is 1. The molecule has 3 amide bonds. The Labute approximate surface area is 204 Å². The minimum atomic E-state index is -1.51. The maximum absolute atomic E-state index is 13.4. The summed E-state index contributed by atoms with van der Waals surface area (Å²) in [6.45, 7) is 19.5. The predicted octanol–water partition coefficient (Wildman–Crippen LogP) is 2.23.